The molecule has 0 aliphatic heterocycles. The minimum Gasteiger partial charge on any atom is -0.493 e. The van der Waals surface area contributed by atoms with Crippen molar-refractivity contribution in [1.29, 1.82) is 0 Å². The van der Waals surface area contributed by atoms with E-state index in [1.165, 1.54) is 5.52 Å². The molecule has 31 heavy (non-hydrogen) atoms. The van der Waals surface area contributed by atoms with Crippen LogP contribution >= 0.6 is 0 Å². The summed E-state index contributed by atoms with van der Waals surface area (Å²) in [5.41, 5.74) is 2.86. The number of methoxy groups -OCH3 is 2. The van der Waals surface area contributed by atoms with Gasteiger partial charge in [-0.25, -0.2) is 4.98 Å². The highest BCUT2D eigenvalue weighted by molar-refractivity contribution is 5.94. The minimum absolute atomic E-state index is 0.0975. The first-order valence-electron chi connectivity index (χ1n) is 11.0. The predicted octanol–water partition coefficient (Wildman–Crippen LogP) is 4.85. The van der Waals surface area contributed by atoms with Gasteiger partial charge < -0.3 is 19.4 Å². The topological polar surface area (TPSA) is 65.4 Å². The third kappa shape index (κ3) is 5.78. The monoisotopic (exact) mass is 423 g/mol. The van der Waals surface area contributed by atoms with Gasteiger partial charge in [0.25, 0.3) is 5.91 Å². The van der Waals surface area contributed by atoms with E-state index in [0.717, 1.165) is 43.6 Å². The number of aromatic nitrogens is 2. The number of benzene rings is 2. The molecule has 0 aliphatic rings. The number of aryl methyl sites for hydroxylation is 1. The quantitative estimate of drug-likeness (QED) is 0.448. The SMILES string of the molecule is COc1ccc(C(=O)NCCCCCc2nc3ccccc3n2CC(C)C)cc1OC. The van der Waals surface area contributed by atoms with Crippen molar-refractivity contribution in [3.05, 3.63) is 53.9 Å². The molecular weight excluding hydrogens is 390 g/mol. The van der Waals surface area contributed by atoms with E-state index in [1.807, 2.05) is 6.07 Å². The van der Waals surface area contributed by atoms with Crippen molar-refractivity contribution in [1.82, 2.24) is 14.9 Å². The van der Waals surface area contributed by atoms with E-state index in [4.69, 9.17) is 14.5 Å². The Labute approximate surface area is 184 Å². The molecule has 0 radical (unpaired) electrons. The number of unbranched alkanes of at least 4 members (excludes halogenated alkanes) is 2. The number of fused-ring (bicyclic) bond motifs is 1. The molecule has 0 unspecified atom stereocenters. The average molecular weight is 424 g/mol. The van der Waals surface area contributed by atoms with Crippen LogP contribution in [-0.2, 0) is 13.0 Å². The maximum absolute atomic E-state index is 12.4. The molecule has 3 rings (SSSR count). The fourth-order valence-electron chi connectivity index (χ4n) is 3.75. The van der Waals surface area contributed by atoms with Crippen LogP contribution in [0.2, 0.25) is 0 Å². The maximum Gasteiger partial charge on any atom is 0.251 e. The first-order chi connectivity index (χ1) is 15.0. The summed E-state index contributed by atoms with van der Waals surface area (Å²) in [6.45, 7) is 6.10. The number of amides is 1. The Hall–Kier alpha value is -3.02. The van der Waals surface area contributed by atoms with E-state index in [0.29, 0.717) is 29.5 Å². The van der Waals surface area contributed by atoms with Crippen LogP contribution in [0.3, 0.4) is 0 Å². The Morgan fingerprint density at radius 3 is 2.55 bits per heavy atom. The smallest absolute Gasteiger partial charge is 0.251 e. The van der Waals surface area contributed by atoms with Crippen LogP contribution < -0.4 is 14.8 Å². The highest BCUT2D eigenvalue weighted by Crippen LogP contribution is 2.27. The number of hydrogen-bond donors (Lipinski definition) is 1. The lowest BCUT2D eigenvalue weighted by atomic mass is 10.1. The highest BCUT2D eigenvalue weighted by atomic mass is 16.5. The van der Waals surface area contributed by atoms with Crippen molar-refractivity contribution in [2.24, 2.45) is 5.92 Å². The van der Waals surface area contributed by atoms with Crippen LogP contribution in [0.1, 0.15) is 49.3 Å². The molecule has 1 heterocycles. The fraction of sp³-hybridized carbons (Fsp3) is 0.440. The number of imidazole rings is 1. The number of nitrogens with zero attached hydrogens (tertiary/aromatic N) is 2. The predicted molar refractivity (Wildman–Crippen MR) is 124 cm³/mol. The van der Waals surface area contributed by atoms with Gasteiger partial charge in [-0.15, -0.1) is 0 Å². The zero-order valence-corrected chi connectivity index (χ0v) is 19.0. The standard InChI is InChI=1S/C25H33N3O3/c1-18(2)17-28-21-11-8-7-10-20(21)27-24(28)12-6-5-9-15-26-25(29)19-13-14-22(30-3)23(16-19)31-4/h7-8,10-11,13-14,16,18H,5-6,9,12,15,17H2,1-4H3,(H,26,29). The van der Waals surface area contributed by atoms with E-state index in [9.17, 15) is 4.79 Å². The summed E-state index contributed by atoms with van der Waals surface area (Å²) in [6.07, 6.45) is 3.97. The van der Waals surface area contributed by atoms with Crippen molar-refractivity contribution >= 4 is 16.9 Å². The second-order valence-electron chi connectivity index (χ2n) is 8.16. The highest BCUT2D eigenvalue weighted by Gasteiger charge is 2.12. The molecule has 1 aromatic heterocycles. The van der Waals surface area contributed by atoms with Gasteiger partial charge in [-0.3, -0.25) is 4.79 Å². The third-order valence-electron chi connectivity index (χ3n) is 5.29. The molecule has 3 aromatic rings. The summed E-state index contributed by atoms with van der Waals surface area (Å²) in [5.74, 6) is 2.80. The average Bonchev–Trinajstić information content (AvgIpc) is 3.12. The minimum atomic E-state index is -0.0975. The summed E-state index contributed by atoms with van der Waals surface area (Å²) < 4.78 is 12.8. The molecule has 0 saturated heterocycles. The molecule has 0 atom stereocenters. The van der Waals surface area contributed by atoms with E-state index in [-0.39, 0.29) is 5.91 Å². The Morgan fingerprint density at radius 1 is 1.03 bits per heavy atom. The number of rotatable bonds is 11. The van der Waals surface area contributed by atoms with Gasteiger partial charge in [0.15, 0.2) is 11.5 Å². The zero-order valence-electron chi connectivity index (χ0n) is 19.0. The van der Waals surface area contributed by atoms with E-state index >= 15 is 0 Å². The van der Waals surface area contributed by atoms with Gasteiger partial charge >= 0.3 is 0 Å². The molecule has 6 heteroatoms. The molecule has 1 N–H and O–H groups in total. The van der Waals surface area contributed by atoms with Gasteiger partial charge in [0, 0.05) is 25.1 Å². The molecule has 0 aliphatic carbocycles. The van der Waals surface area contributed by atoms with Crippen molar-refractivity contribution in [2.45, 2.75) is 46.1 Å². The lowest BCUT2D eigenvalue weighted by molar-refractivity contribution is 0.0952. The Morgan fingerprint density at radius 2 is 1.81 bits per heavy atom. The summed E-state index contributed by atoms with van der Waals surface area (Å²) in [4.78, 5) is 17.2. The van der Waals surface area contributed by atoms with E-state index in [2.05, 4.69) is 41.9 Å². The molecule has 0 bridgehead atoms. The first kappa shape index (κ1) is 22.7. The van der Waals surface area contributed by atoms with Crippen LogP contribution in [0.25, 0.3) is 11.0 Å². The third-order valence-corrected chi connectivity index (χ3v) is 5.29. The van der Waals surface area contributed by atoms with Crippen LogP contribution in [0.15, 0.2) is 42.5 Å². The molecule has 0 fully saturated rings. The molecule has 0 saturated carbocycles. The van der Waals surface area contributed by atoms with Gasteiger partial charge in [0.2, 0.25) is 0 Å². The van der Waals surface area contributed by atoms with Crippen LogP contribution in [0.4, 0.5) is 0 Å². The lowest BCUT2D eigenvalue weighted by Gasteiger charge is -2.12. The zero-order chi connectivity index (χ0) is 22.2. The molecule has 0 spiro atoms. The van der Waals surface area contributed by atoms with E-state index in [1.54, 1.807) is 32.4 Å². The number of nitrogens with one attached hydrogen (secondary N) is 1. The van der Waals surface area contributed by atoms with Gasteiger partial charge in [-0.1, -0.05) is 32.4 Å². The Bertz CT molecular complexity index is 1010. The van der Waals surface area contributed by atoms with Crippen LogP contribution in [0, 0.1) is 5.92 Å². The number of carbonyl (C=O) groups excluding carboxylic acids is 1. The summed E-state index contributed by atoms with van der Waals surface area (Å²) in [7, 11) is 3.14. The first-order valence-corrected chi connectivity index (χ1v) is 11.0. The van der Waals surface area contributed by atoms with Gasteiger partial charge in [0.05, 0.1) is 25.3 Å². The van der Waals surface area contributed by atoms with Gasteiger partial charge in [-0.2, -0.15) is 0 Å². The summed E-state index contributed by atoms with van der Waals surface area (Å²) >= 11 is 0. The second-order valence-corrected chi connectivity index (χ2v) is 8.16. The van der Waals surface area contributed by atoms with Crippen LogP contribution in [-0.4, -0.2) is 36.2 Å². The lowest BCUT2D eigenvalue weighted by Crippen LogP contribution is -2.24. The van der Waals surface area contributed by atoms with Crippen LogP contribution in [0.5, 0.6) is 11.5 Å². The van der Waals surface area contributed by atoms with Crippen molar-refractivity contribution in [3.8, 4) is 11.5 Å². The normalized spacial score (nSPS) is 11.1. The maximum atomic E-state index is 12.4. The largest absolute Gasteiger partial charge is 0.493 e. The Balaban J connectivity index is 1.47. The van der Waals surface area contributed by atoms with Crippen molar-refractivity contribution in [3.63, 3.8) is 0 Å². The second kappa shape index (κ2) is 10.8. The van der Waals surface area contributed by atoms with Crippen molar-refractivity contribution < 1.29 is 14.3 Å². The molecule has 1 amide bonds. The number of para-hydroxylation sites is 2. The number of hydrogen-bond acceptors (Lipinski definition) is 4. The van der Waals surface area contributed by atoms with Gasteiger partial charge in [-0.05, 0) is 49.1 Å². The fourth-order valence-corrected chi connectivity index (χ4v) is 3.75. The molecular formula is C25H33N3O3. The van der Waals surface area contributed by atoms with Gasteiger partial charge in [0.1, 0.15) is 5.82 Å². The number of ether oxygens (including phenoxy) is 2. The molecule has 2 aromatic carbocycles. The van der Waals surface area contributed by atoms with Crippen molar-refractivity contribution in [2.75, 3.05) is 20.8 Å². The number of carbonyl (C=O) groups is 1. The molecule has 166 valence electrons. The molecule has 6 nitrogen and oxygen atoms in total. The summed E-state index contributed by atoms with van der Waals surface area (Å²) in [6, 6.07) is 13.5. The van der Waals surface area contributed by atoms with E-state index < -0.39 is 0 Å². The Kier molecular flexibility index (Phi) is 7.93. The summed E-state index contributed by atoms with van der Waals surface area (Å²) in [5, 5.41) is 2.99.